The molecule has 0 aliphatic heterocycles. The molecule has 1 aromatic heterocycles. The Labute approximate surface area is 85.4 Å². The molecule has 0 unspecified atom stereocenters. The van der Waals surface area contributed by atoms with Gasteiger partial charge in [0.1, 0.15) is 5.75 Å². The minimum atomic E-state index is 0.433. The summed E-state index contributed by atoms with van der Waals surface area (Å²) in [5, 5.41) is 13.1. The van der Waals surface area contributed by atoms with E-state index < -0.39 is 0 Å². The lowest BCUT2D eigenvalue weighted by Gasteiger charge is -2.01. The van der Waals surface area contributed by atoms with Crippen molar-refractivity contribution in [1.82, 2.24) is 0 Å². The molecule has 2 aromatic rings. The highest BCUT2D eigenvalue weighted by Gasteiger charge is 2.08. The first-order chi connectivity index (χ1) is 6.24. The van der Waals surface area contributed by atoms with Gasteiger partial charge in [0.15, 0.2) is 0 Å². The Hall–Kier alpha value is -0.670. The van der Waals surface area contributed by atoms with Gasteiger partial charge in [-0.05, 0) is 35.6 Å². The van der Waals surface area contributed by atoms with E-state index in [9.17, 15) is 5.11 Å². The van der Waals surface area contributed by atoms with Gasteiger partial charge in [0.2, 0.25) is 0 Å². The number of hydrogen-bond acceptors (Lipinski definition) is 3. The second kappa shape index (κ2) is 3.24. The molecule has 68 valence electrons. The number of fused-ring (bicyclic) bond motifs is 1. The van der Waals surface area contributed by atoms with Crippen LogP contribution in [0.4, 0.5) is 0 Å². The number of rotatable bonds is 1. The zero-order valence-corrected chi connectivity index (χ0v) is 9.13. The Balaban J connectivity index is 2.80. The number of aryl methyl sites for hydroxylation is 1. The van der Waals surface area contributed by atoms with Gasteiger partial charge >= 0.3 is 0 Å². The maximum absolute atomic E-state index is 9.85. The smallest absolute Gasteiger partial charge is 0.146 e. The summed E-state index contributed by atoms with van der Waals surface area (Å²) >= 11 is 3.18. The van der Waals surface area contributed by atoms with Crippen LogP contribution in [0.3, 0.4) is 0 Å². The van der Waals surface area contributed by atoms with Crippen LogP contribution in [0, 0.1) is 6.92 Å². The highest BCUT2D eigenvalue weighted by molar-refractivity contribution is 7.98. The molecule has 1 nitrogen and oxygen atoms in total. The third-order valence-corrected chi connectivity index (χ3v) is 3.98. The van der Waals surface area contributed by atoms with Gasteiger partial charge in [-0.15, -0.1) is 23.1 Å². The molecule has 0 saturated heterocycles. The minimum Gasteiger partial charge on any atom is -0.505 e. The van der Waals surface area contributed by atoms with Crippen molar-refractivity contribution in [3.05, 3.63) is 23.1 Å². The van der Waals surface area contributed by atoms with Crippen LogP contribution in [0.25, 0.3) is 10.1 Å². The fraction of sp³-hybridized carbons (Fsp3) is 0.200. The van der Waals surface area contributed by atoms with E-state index in [0.29, 0.717) is 5.75 Å². The molecule has 13 heavy (non-hydrogen) atoms. The summed E-state index contributed by atoms with van der Waals surface area (Å²) in [5.41, 5.74) is 1.24. The minimum absolute atomic E-state index is 0.433. The number of thiophene rings is 1. The highest BCUT2D eigenvalue weighted by Crippen LogP contribution is 2.38. The number of thioether (sulfide) groups is 1. The fourth-order valence-corrected chi connectivity index (χ4v) is 2.92. The first-order valence-electron chi connectivity index (χ1n) is 3.98. The van der Waals surface area contributed by atoms with Crippen LogP contribution in [-0.2, 0) is 0 Å². The summed E-state index contributed by atoms with van der Waals surface area (Å²) in [7, 11) is 0. The summed E-state index contributed by atoms with van der Waals surface area (Å²) in [6, 6.07) is 4.05. The Morgan fingerprint density at radius 1 is 1.38 bits per heavy atom. The zero-order valence-electron chi connectivity index (χ0n) is 7.50. The molecule has 0 aliphatic carbocycles. The van der Waals surface area contributed by atoms with Crippen LogP contribution >= 0.6 is 23.1 Å². The van der Waals surface area contributed by atoms with E-state index in [1.54, 1.807) is 23.1 Å². The quantitative estimate of drug-likeness (QED) is 0.725. The van der Waals surface area contributed by atoms with Crippen molar-refractivity contribution in [2.75, 3.05) is 6.26 Å². The standard InChI is InChI=1S/C10H10OS2/c1-6-5-13-10-7(6)3-4-8(12-2)9(10)11/h3-5,11H,1-2H3. The molecule has 1 aromatic carbocycles. The van der Waals surface area contributed by atoms with Gasteiger partial charge in [-0.25, -0.2) is 0 Å². The average molecular weight is 210 g/mol. The van der Waals surface area contributed by atoms with Gasteiger partial charge in [0, 0.05) is 0 Å². The maximum Gasteiger partial charge on any atom is 0.146 e. The Morgan fingerprint density at radius 2 is 2.15 bits per heavy atom. The monoisotopic (exact) mass is 210 g/mol. The summed E-state index contributed by atoms with van der Waals surface area (Å²) in [4.78, 5) is 0.953. The number of phenolic OH excluding ortho intramolecular Hbond substituents is 1. The van der Waals surface area contributed by atoms with Crippen LogP contribution in [0.1, 0.15) is 5.56 Å². The number of aromatic hydroxyl groups is 1. The van der Waals surface area contributed by atoms with Crippen LogP contribution in [0.15, 0.2) is 22.4 Å². The van der Waals surface area contributed by atoms with E-state index in [1.807, 2.05) is 12.3 Å². The second-order valence-corrected chi connectivity index (χ2v) is 4.64. The van der Waals surface area contributed by atoms with Gasteiger partial charge in [-0.3, -0.25) is 0 Å². The molecule has 0 amide bonds. The third kappa shape index (κ3) is 1.32. The van der Waals surface area contributed by atoms with Crippen molar-refractivity contribution >= 4 is 33.2 Å². The van der Waals surface area contributed by atoms with Crippen molar-refractivity contribution < 1.29 is 5.11 Å². The molecule has 0 fully saturated rings. The average Bonchev–Trinajstić information content (AvgIpc) is 2.50. The first kappa shape index (κ1) is 8.91. The Kier molecular flexibility index (Phi) is 2.22. The molecular formula is C10H10OS2. The molecule has 0 bridgehead atoms. The van der Waals surface area contributed by atoms with Gasteiger partial charge in [0.25, 0.3) is 0 Å². The molecule has 1 N–H and O–H groups in total. The lowest BCUT2D eigenvalue weighted by Crippen LogP contribution is -1.73. The predicted octanol–water partition coefficient (Wildman–Crippen LogP) is 3.64. The van der Waals surface area contributed by atoms with Gasteiger partial charge in [-0.2, -0.15) is 0 Å². The number of benzene rings is 1. The summed E-state index contributed by atoms with van der Waals surface area (Å²) in [6.45, 7) is 2.07. The van der Waals surface area contributed by atoms with Crippen molar-refractivity contribution in [2.45, 2.75) is 11.8 Å². The largest absolute Gasteiger partial charge is 0.505 e. The van der Waals surface area contributed by atoms with Crippen molar-refractivity contribution in [3.8, 4) is 5.75 Å². The van der Waals surface area contributed by atoms with Crippen LogP contribution < -0.4 is 0 Å². The summed E-state index contributed by atoms with van der Waals surface area (Å²) < 4.78 is 1.00. The van der Waals surface area contributed by atoms with E-state index >= 15 is 0 Å². The molecular weight excluding hydrogens is 200 g/mol. The number of phenols is 1. The van der Waals surface area contributed by atoms with Gasteiger partial charge in [-0.1, -0.05) is 6.07 Å². The third-order valence-electron chi connectivity index (χ3n) is 2.09. The lowest BCUT2D eigenvalue weighted by atomic mass is 10.2. The molecule has 3 heteroatoms. The van der Waals surface area contributed by atoms with Crippen LogP contribution in [-0.4, -0.2) is 11.4 Å². The Morgan fingerprint density at radius 3 is 2.85 bits per heavy atom. The van der Waals surface area contributed by atoms with Crippen molar-refractivity contribution in [2.24, 2.45) is 0 Å². The van der Waals surface area contributed by atoms with Crippen LogP contribution in [0.2, 0.25) is 0 Å². The molecule has 0 radical (unpaired) electrons. The predicted molar refractivity (Wildman–Crippen MR) is 60.0 cm³/mol. The maximum atomic E-state index is 9.85. The van der Waals surface area contributed by atoms with E-state index in [0.717, 1.165) is 9.60 Å². The molecule has 0 atom stereocenters. The zero-order chi connectivity index (χ0) is 9.42. The molecule has 1 heterocycles. The summed E-state index contributed by atoms with van der Waals surface area (Å²) in [5.74, 6) is 0.433. The second-order valence-electron chi connectivity index (χ2n) is 2.91. The SMILES string of the molecule is CSc1ccc2c(C)csc2c1O. The Bertz CT molecular complexity index is 445. The molecule has 2 rings (SSSR count). The van der Waals surface area contributed by atoms with Crippen molar-refractivity contribution in [3.63, 3.8) is 0 Å². The highest BCUT2D eigenvalue weighted by atomic mass is 32.2. The first-order valence-corrected chi connectivity index (χ1v) is 6.08. The van der Waals surface area contributed by atoms with E-state index in [2.05, 4.69) is 18.4 Å². The lowest BCUT2D eigenvalue weighted by molar-refractivity contribution is 0.470. The topological polar surface area (TPSA) is 20.2 Å². The van der Waals surface area contributed by atoms with Gasteiger partial charge in [0.05, 0.1) is 9.60 Å². The fourth-order valence-electron chi connectivity index (χ4n) is 1.36. The normalized spacial score (nSPS) is 10.9. The molecule has 0 spiro atoms. The van der Waals surface area contributed by atoms with E-state index in [4.69, 9.17) is 0 Å². The van der Waals surface area contributed by atoms with E-state index in [-0.39, 0.29) is 0 Å². The molecule has 0 saturated carbocycles. The number of hydrogen-bond donors (Lipinski definition) is 1. The van der Waals surface area contributed by atoms with Crippen molar-refractivity contribution in [1.29, 1.82) is 0 Å². The summed E-state index contributed by atoms with van der Waals surface area (Å²) in [6.07, 6.45) is 1.97. The van der Waals surface area contributed by atoms with E-state index in [1.165, 1.54) is 10.9 Å². The van der Waals surface area contributed by atoms with Crippen LogP contribution in [0.5, 0.6) is 5.75 Å². The molecule has 0 aliphatic rings. The van der Waals surface area contributed by atoms with Gasteiger partial charge < -0.3 is 5.11 Å².